The predicted octanol–water partition coefficient (Wildman–Crippen LogP) is 1.20. The van der Waals surface area contributed by atoms with E-state index in [1.54, 1.807) is 18.2 Å². The van der Waals surface area contributed by atoms with E-state index in [-0.39, 0.29) is 6.61 Å². The van der Waals surface area contributed by atoms with E-state index < -0.39 is 24.0 Å². The summed E-state index contributed by atoms with van der Waals surface area (Å²) in [4.78, 5) is 23.0. The highest BCUT2D eigenvalue weighted by molar-refractivity contribution is 5.86. The van der Waals surface area contributed by atoms with Crippen LogP contribution in [0.2, 0.25) is 0 Å². The third kappa shape index (κ3) is 3.20. The molecule has 0 aliphatic carbocycles. The SMILES string of the molecule is CCC[C@H](NC(=O)[C@H]1COc2ccccc2O1)C(=O)O. The number of nitrogens with one attached hydrogen (secondary N) is 1. The van der Waals surface area contributed by atoms with Crippen molar-refractivity contribution in [1.29, 1.82) is 0 Å². The van der Waals surface area contributed by atoms with Gasteiger partial charge in [0.05, 0.1) is 0 Å². The third-order valence-electron chi connectivity index (χ3n) is 2.99. The van der Waals surface area contributed by atoms with Crippen molar-refractivity contribution in [2.75, 3.05) is 6.61 Å². The molecule has 0 radical (unpaired) electrons. The largest absolute Gasteiger partial charge is 0.485 e. The lowest BCUT2D eigenvalue weighted by Crippen LogP contribution is -2.50. The van der Waals surface area contributed by atoms with Crippen LogP contribution < -0.4 is 14.8 Å². The van der Waals surface area contributed by atoms with E-state index in [2.05, 4.69) is 5.32 Å². The Balaban J connectivity index is 1.99. The molecule has 1 amide bonds. The van der Waals surface area contributed by atoms with E-state index >= 15 is 0 Å². The fourth-order valence-corrected chi connectivity index (χ4v) is 1.96. The minimum Gasteiger partial charge on any atom is -0.485 e. The van der Waals surface area contributed by atoms with E-state index in [4.69, 9.17) is 14.6 Å². The Morgan fingerprint density at radius 2 is 2.10 bits per heavy atom. The van der Waals surface area contributed by atoms with Crippen molar-refractivity contribution in [3.63, 3.8) is 0 Å². The molecule has 108 valence electrons. The van der Waals surface area contributed by atoms with Crippen LogP contribution in [0.5, 0.6) is 11.5 Å². The highest BCUT2D eigenvalue weighted by Gasteiger charge is 2.30. The zero-order valence-corrected chi connectivity index (χ0v) is 11.2. The molecule has 1 aromatic carbocycles. The summed E-state index contributed by atoms with van der Waals surface area (Å²) in [5, 5.41) is 11.5. The monoisotopic (exact) mass is 279 g/mol. The predicted molar refractivity (Wildman–Crippen MR) is 70.8 cm³/mol. The number of para-hydroxylation sites is 2. The number of hydrogen-bond acceptors (Lipinski definition) is 4. The van der Waals surface area contributed by atoms with Gasteiger partial charge in [0.2, 0.25) is 6.10 Å². The quantitative estimate of drug-likeness (QED) is 0.846. The number of carbonyl (C=O) groups excluding carboxylic acids is 1. The van der Waals surface area contributed by atoms with Gasteiger partial charge in [0.1, 0.15) is 12.6 Å². The minimum atomic E-state index is -1.04. The molecule has 1 aliphatic heterocycles. The van der Waals surface area contributed by atoms with Crippen LogP contribution in [0.1, 0.15) is 19.8 Å². The first-order valence-corrected chi connectivity index (χ1v) is 6.53. The second kappa shape index (κ2) is 6.27. The molecule has 20 heavy (non-hydrogen) atoms. The molecule has 0 fully saturated rings. The van der Waals surface area contributed by atoms with Gasteiger partial charge >= 0.3 is 5.97 Å². The van der Waals surface area contributed by atoms with Gasteiger partial charge in [-0.05, 0) is 18.6 Å². The maximum absolute atomic E-state index is 12.0. The van der Waals surface area contributed by atoms with E-state index in [0.29, 0.717) is 24.3 Å². The molecule has 0 saturated carbocycles. The van der Waals surface area contributed by atoms with Crippen LogP contribution in [0.3, 0.4) is 0 Å². The zero-order chi connectivity index (χ0) is 14.5. The van der Waals surface area contributed by atoms with Gasteiger partial charge in [0.25, 0.3) is 5.91 Å². The van der Waals surface area contributed by atoms with Crippen molar-refractivity contribution in [2.45, 2.75) is 31.9 Å². The van der Waals surface area contributed by atoms with Crippen LogP contribution >= 0.6 is 0 Å². The number of benzene rings is 1. The fraction of sp³-hybridized carbons (Fsp3) is 0.429. The highest BCUT2D eigenvalue weighted by Crippen LogP contribution is 2.30. The van der Waals surface area contributed by atoms with Crippen LogP contribution in [0, 0.1) is 0 Å². The van der Waals surface area contributed by atoms with Crippen molar-refractivity contribution >= 4 is 11.9 Å². The molecule has 0 spiro atoms. The number of rotatable bonds is 5. The molecular weight excluding hydrogens is 262 g/mol. The van der Waals surface area contributed by atoms with Gasteiger partial charge in [-0.3, -0.25) is 4.79 Å². The number of carboxylic acids is 1. The van der Waals surface area contributed by atoms with Gasteiger partial charge in [0.15, 0.2) is 11.5 Å². The first-order chi connectivity index (χ1) is 9.61. The molecule has 0 bridgehead atoms. The molecule has 2 rings (SSSR count). The molecule has 0 aromatic heterocycles. The molecule has 1 aromatic rings. The average molecular weight is 279 g/mol. The lowest BCUT2D eigenvalue weighted by molar-refractivity contribution is -0.143. The molecule has 2 N–H and O–H groups in total. The second-order valence-corrected chi connectivity index (χ2v) is 4.55. The minimum absolute atomic E-state index is 0.0707. The average Bonchev–Trinajstić information content (AvgIpc) is 2.46. The summed E-state index contributed by atoms with van der Waals surface area (Å²) in [5.41, 5.74) is 0. The van der Waals surface area contributed by atoms with Gasteiger partial charge in [-0.15, -0.1) is 0 Å². The lowest BCUT2D eigenvalue weighted by Gasteiger charge is -2.26. The van der Waals surface area contributed by atoms with Gasteiger partial charge in [-0.1, -0.05) is 25.5 Å². The fourth-order valence-electron chi connectivity index (χ4n) is 1.96. The topological polar surface area (TPSA) is 84.9 Å². The van der Waals surface area contributed by atoms with E-state index in [9.17, 15) is 9.59 Å². The third-order valence-corrected chi connectivity index (χ3v) is 2.99. The van der Waals surface area contributed by atoms with Crippen LogP contribution in [0.25, 0.3) is 0 Å². The van der Waals surface area contributed by atoms with Crippen molar-refractivity contribution in [1.82, 2.24) is 5.32 Å². The van der Waals surface area contributed by atoms with Crippen molar-refractivity contribution in [3.05, 3.63) is 24.3 Å². The summed E-state index contributed by atoms with van der Waals surface area (Å²) in [5.74, 6) is -0.446. The maximum Gasteiger partial charge on any atom is 0.326 e. The summed E-state index contributed by atoms with van der Waals surface area (Å²) >= 11 is 0. The first kappa shape index (κ1) is 14.2. The normalized spacial score (nSPS) is 18.1. The van der Waals surface area contributed by atoms with Gasteiger partial charge in [0, 0.05) is 0 Å². The molecule has 0 saturated heterocycles. The molecule has 1 aliphatic rings. The lowest BCUT2D eigenvalue weighted by atomic mass is 10.1. The number of aliphatic carboxylic acids is 1. The standard InChI is InChI=1S/C14H17NO5/c1-2-5-9(14(17)18)15-13(16)12-8-19-10-6-3-4-7-11(10)20-12/h3-4,6-7,9,12H,2,5,8H2,1H3,(H,15,16)(H,17,18)/t9-,12+/m0/s1. The first-order valence-electron chi connectivity index (χ1n) is 6.53. The smallest absolute Gasteiger partial charge is 0.326 e. The summed E-state index contributed by atoms with van der Waals surface area (Å²) in [7, 11) is 0. The Morgan fingerprint density at radius 3 is 2.75 bits per heavy atom. The summed E-state index contributed by atoms with van der Waals surface area (Å²) in [6, 6.07) is 6.15. The Hall–Kier alpha value is -2.24. The number of hydrogen-bond donors (Lipinski definition) is 2. The molecule has 1 heterocycles. The number of ether oxygens (including phenoxy) is 2. The highest BCUT2D eigenvalue weighted by atomic mass is 16.6. The Morgan fingerprint density at radius 1 is 1.40 bits per heavy atom. The molecule has 0 unspecified atom stereocenters. The van der Waals surface area contributed by atoms with Crippen molar-refractivity contribution in [3.8, 4) is 11.5 Å². The Kier molecular flexibility index (Phi) is 4.45. The Labute approximate surface area is 116 Å². The van der Waals surface area contributed by atoms with Gasteiger partial charge < -0.3 is 19.9 Å². The second-order valence-electron chi connectivity index (χ2n) is 4.55. The molecule has 6 heteroatoms. The van der Waals surface area contributed by atoms with Crippen LogP contribution in [0.4, 0.5) is 0 Å². The van der Waals surface area contributed by atoms with Crippen LogP contribution in [-0.2, 0) is 9.59 Å². The van der Waals surface area contributed by atoms with Gasteiger partial charge in [-0.2, -0.15) is 0 Å². The number of amides is 1. The van der Waals surface area contributed by atoms with E-state index in [1.165, 1.54) is 0 Å². The summed E-state index contributed by atoms with van der Waals surface area (Å²) in [6.45, 7) is 1.93. The molecular formula is C14H17NO5. The zero-order valence-electron chi connectivity index (χ0n) is 11.2. The number of carboxylic acid groups (broad SMARTS) is 1. The van der Waals surface area contributed by atoms with Gasteiger partial charge in [-0.25, -0.2) is 4.79 Å². The molecule has 2 atom stereocenters. The number of carbonyl (C=O) groups is 2. The number of fused-ring (bicyclic) bond motifs is 1. The van der Waals surface area contributed by atoms with Crippen LogP contribution in [-0.4, -0.2) is 35.7 Å². The Bertz CT molecular complexity index is 502. The van der Waals surface area contributed by atoms with E-state index in [0.717, 1.165) is 0 Å². The summed E-state index contributed by atoms with van der Waals surface area (Å²) < 4.78 is 10.9. The molecule has 6 nitrogen and oxygen atoms in total. The van der Waals surface area contributed by atoms with Crippen molar-refractivity contribution < 1.29 is 24.2 Å². The van der Waals surface area contributed by atoms with Crippen molar-refractivity contribution in [2.24, 2.45) is 0 Å². The maximum atomic E-state index is 12.0. The van der Waals surface area contributed by atoms with Crippen LogP contribution in [0.15, 0.2) is 24.3 Å². The summed E-state index contributed by atoms with van der Waals surface area (Å²) in [6.07, 6.45) is 0.219. The van der Waals surface area contributed by atoms with E-state index in [1.807, 2.05) is 13.0 Å².